The van der Waals surface area contributed by atoms with Crippen molar-refractivity contribution in [2.24, 2.45) is 0 Å². The molecule has 1 aromatic carbocycles. The average Bonchev–Trinajstić information content (AvgIpc) is 2.69. The van der Waals surface area contributed by atoms with Crippen LogP contribution in [0.15, 0.2) is 24.3 Å². The Balaban J connectivity index is 2.06. The molecular formula is C17H28N2O. The molecule has 1 aromatic rings. The first-order chi connectivity index (χ1) is 9.74. The van der Waals surface area contributed by atoms with Crippen molar-refractivity contribution in [2.75, 3.05) is 31.1 Å². The van der Waals surface area contributed by atoms with Crippen molar-refractivity contribution in [3.63, 3.8) is 0 Å². The molecular weight excluding hydrogens is 248 g/mol. The molecule has 3 heteroatoms. The molecule has 112 valence electrons. The third-order valence-corrected chi connectivity index (χ3v) is 3.97. The highest BCUT2D eigenvalue weighted by atomic mass is 16.5. The fourth-order valence-corrected chi connectivity index (χ4v) is 2.89. The van der Waals surface area contributed by atoms with Crippen molar-refractivity contribution in [1.29, 1.82) is 0 Å². The number of nitrogens with zero attached hydrogens (tertiary/aromatic N) is 1. The Hall–Kier alpha value is -1.06. The van der Waals surface area contributed by atoms with E-state index in [4.69, 9.17) is 4.74 Å². The van der Waals surface area contributed by atoms with Crippen molar-refractivity contribution in [1.82, 2.24) is 5.32 Å². The molecule has 20 heavy (non-hydrogen) atoms. The van der Waals surface area contributed by atoms with Gasteiger partial charge in [-0.25, -0.2) is 0 Å². The molecule has 0 amide bonds. The summed E-state index contributed by atoms with van der Waals surface area (Å²) < 4.78 is 5.71. The molecule has 1 N–H and O–H groups in total. The van der Waals surface area contributed by atoms with Gasteiger partial charge in [-0.05, 0) is 44.0 Å². The molecule has 1 aliphatic rings. The minimum Gasteiger partial charge on any atom is -0.377 e. The summed E-state index contributed by atoms with van der Waals surface area (Å²) in [6.07, 6.45) is 2.56. The van der Waals surface area contributed by atoms with Gasteiger partial charge < -0.3 is 15.0 Å². The molecule has 0 aliphatic carbocycles. The van der Waals surface area contributed by atoms with E-state index in [-0.39, 0.29) is 0 Å². The molecule has 0 spiro atoms. The summed E-state index contributed by atoms with van der Waals surface area (Å²) in [5.41, 5.74) is 2.70. The summed E-state index contributed by atoms with van der Waals surface area (Å²) in [4.78, 5) is 2.44. The summed E-state index contributed by atoms with van der Waals surface area (Å²) in [7, 11) is 0. The van der Waals surface area contributed by atoms with Crippen LogP contribution in [0.25, 0.3) is 0 Å². The zero-order valence-corrected chi connectivity index (χ0v) is 13.1. The van der Waals surface area contributed by atoms with Gasteiger partial charge in [0, 0.05) is 31.4 Å². The Labute approximate surface area is 123 Å². The summed E-state index contributed by atoms with van der Waals surface area (Å²) in [5, 5.41) is 3.53. The third-order valence-electron chi connectivity index (χ3n) is 3.97. The SMILES string of the molecule is CCNC(CC)c1ccc(N2CCCOC(C)C2)cc1. The van der Waals surface area contributed by atoms with Crippen LogP contribution in [-0.2, 0) is 4.74 Å². The van der Waals surface area contributed by atoms with E-state index in [1.165, 1.54) is 11.3 Å². The Kier molecular flexibility index (Phi) is 5.86. The predicted octanol–water partition coefficient (Wildman–Crippen LogP) is 3.36. The Morgan fingerprint density at radius 2 is 2.05 bits per heavy atom. The van der Waals surface area contributed by atoms with Crippen molar-refractivity contribution >= 4 is 5.69 Å². The lowest BCUT2D eigenvalue weighted by atomic mass is 10.0. The smallest absolute Gasteiger partial charge is 0.0721 e. The van der Waals surface area contributed by atoms with Crippen molar-refractivity contribution in [2.45, 2.75) is 45.8 Å². The van der Waals surface area contributed by atoms with Crippen LogP contribution in [0.1, 0.15) is 45.2 Å². The molecule has 0 saturated carbocycles. The van der Waals surface area contributed by atoms with Gasteiger partial charge in [0.25, 0.3) is 0 Å². The zero-order chi connectivity index (χ0) is 14.4. The maximum Gasteiger partial charge on any atom is 0.0721 e. The molecule has 1 fully saturated rings. The van der Waals surface area contributed by atoms with Crippen LogP contribution in [0.3, 0.4) is 0 Å². The first kappa shape index (κ1) is 15.3. The largest absolute Gasteiger partial charge is 0.377 e. The summed E-state index contributed by atoms with van der Waals surface area (Å²) in [5.74, 6) is 0. The highest BCUT2D eigenvalue weighted by Gasteiger charge is 2.16. The quantitative estimate of drug-likeness (QED) is 0.892. The van der Waals surface area contributed by atoms with Crippen molar-refractivity contribution in [3.8, 4) is 0 Å². The van der Waals surface area contributed by atoms with Crippen LogP contribution in [0.5, 0.6) is 0 Å². The van der Waals surface area contributed by atoms with Crippen molar-refractivity contribution < 1.29 is 4.74 Å². The van der Waals surface area contributed by atoms with Crippen LogP contribution in [0.4, 0.5) is 5.69 Å². The van der Waals surface area contributed by atoms with Gasteiger partial charge in [0.05, 0.1) is 6.10 Å². The van der Waals surface area contributed by atoms with E-state index in [0.29, 0.717) is 12.1 Å². The first-order valence-corrected chi connectivity index (χ1v) is 7.94. The van der Waals surface area contributed by atoms with E-state index in [0.717, 1.165) is 39.1 Å². The summed E-state index contributed by atoms with van der Waals surface area (Å²) in [6, 6.07) is 9.52. The number of hydrogen-bond acceptors (Lipinski definition) is 3. The molecule has 2 atom stereocenters. The van der Waals surface area contributed by atoms with E-state index < -0.39 is 0 Å². The zero-order valence-electron chi connectivity index (χ0n) is 13.1. The molecule has 3 nitrogen and oxygen atoms in total. The highest BCUT2D eigenvalue weighted by Crippen LogP contribution is 2.22. The van der Waals surface area contributed by atoms with Crippen molar-refractivity contribution in [3.05, 3.63) is 29.8 Å². The van der Waals surface area contributed by atoms with Gasteiger partial charge in [0.1, 0.15) is 0 Å². The first-order valence-electron chi connectivity index (χ1n) is 7.94. The van der Waals surface area contributed by atoms with E-state index in [2.05, 4.69) is 55.3 Å². The third kappa shape index (κ3) is 3.97. The molecule has 0 bridgehead atoms. The number of benzene rings is 1. The van der Waals surface area contributed by atoms with Gasteiger partial charge in [0.15, 0.2) is 0 Å². The van der Waals surface area contributed by atoms with Gasteiger partial charge in [0.2, 0.25) is 0 Å². The van der Waals surface area contributed by atoms with Gasteiger partial charge in [-0.15, -0.1) is 0 Å². The number of nitrogens with one attached hydrogen (secondary N) is 1. The van der Waals surface area contributed by atoms with E-state index in [9.17, 15) is 0 Å². The Morgan fingerprint density at radius 1 is 1.30 bits per heavy atom. The standard InChI is InChI=1S/C17H28N2O/c1-4-17(18-5-2)15-7-9-16(10-8-15)19-11-6-12-20-14(3)13-19/h7-10,14,17-18H,4-6,11-13H2,1-3H3. The predicted molar refractivity (Wildman–Crippen MR) is 85.4 cm³/mol. The fraction of sp³-hybridized carbons (Fsp3) is 0.647. The average molecular weight is 276 g/mol. The molecule has 1 saturated heterocycles. The molecule has 0 aromatic heterocycles. The maximum absolute atomic E-state index is 5.71. The number of anilines is 1. The second-order valence-electron chi connectivity index (χ2n) is 5.59. The van der Waals surface area contributed by atoms with Crippen LogP contribution in [-0.4, -0.2) is 32.3 Å². The van der Waals surface area contributed by atoms with Gasteiger partial charge in [-0.1, -0.05) is 26.0 Å². The van der Waals surface area contributed by atoms with E-state index in [1.54, 1.807) is 0 Å². The lowest BCUT2D eigenvalue weighted by Gasteiger charge is -2.25. The summed E-state index contributed by atoms with van der Waals surface area (Å²) >= 11 is 0. The van der Waals surface area contributed by atoms with Gasteiger partial charge in [-0.3, -0.25) is 0 Å². The van der Waals surface area contributed by atoms with Crippen LogP contribution < -0.4 is 10.2 Å². The van der Waals surface area contributed by atoms with Gasteiger partial charge >= 0.3 is 0 Å². The van der Waals surface area contributed by atoms with E-state index in [1.807, 2.05) is 0 Å². The highest BCUT2D eigenvalue weighted by molar-refractivity contribution is 5.48. The maximum atomic E-state index is 5.71. The van der Waals surface area contributed by atoms with Gasteiger partial charge in [-0.2, -0.15) is 0 Å². The molecule has 1 aliphatic heterocycles. The monoisotopic (exact) mass is 276 g/mol. The minimum atomic E-state index is 0.322. The molecule has 2 unspecified atom stereocenters. The number of ether oxygens (including phenoxy) is 1. The second-order valence-corrected chi connectivity index (χ2v) is 5.59. The fourth-order valence-electron chi connectivity index (χ4n) is 2.89. The number of hydrogen-bond donors (Lipinski definition) is 1. The molecule has 1 heterocycles. The van der Waals surface area contributed by atoms with Crippen LogP contribution in [0.2, 0.25) is 0 Å². The van der Waals surface area contributed by atoms with E-state index >= 15 is 0 Å². The molecule has 0 radical (unpaired) electrons. The lowest BCUT2D eigenvalue weighted by Crippen LogP contribution is -2.30. The minimum absolute atomic E-state index is 0.322. The summed E-state index contributed by atoms with van der Waals surface area (Å²) in [6.45, 7) is 10.5. The lowest BCUT2D eigenvalue weighted by molar-refractivity contribution is 0.0821. The van der Waals surface area contributed by atoms with Crippen LogP contribution >= 0.6 is 0 Å². The normalized spacial score (nSPS) is 21.6. The Morgan fingerprint density at radius 3 is 2.70 bits per heavy atom. The topological polar surface area (TPSA) is 24.5 Å². The molecule has 2 rings (SSSR count). The number of rotatable bonds is 5. The van der Waals surface area contributed by atoms with Crippen LogP contribution in [0, 0.1) is 0 Å². The second kappa shape index (κ2) is 7.65. The Bertz CT molecular complexity index is 390.